The van der Waals surface area contributed by atoms with Crippen LogP contribution < -0.4 is 0 Å². The Bertz CT molecular complexity index is 602. The van der Waals surface area contributed by atoms with Crippen LogP contribution in [0, 0.1) is 12.3 Å². The minimum Gasteiger partial charge on any atom is -0.481 e. The van der Waals surface area contributed by atoms with E-state index in [4.69, 9.17) is 0 Å². The lowest BCUT2D eigenvalue weighted by Crippen LogP contribution is -2.27. The van der Waals surface area contributed by atoms with Crippen LogP contribution in [0.15, 0.2) is 30.5 Å². The Kier molecular flexibility index (Phi) is 3.38. The molecule has 1 aromatic heterocycles. The number of carboxylic acid groups (broad SMARTS) is 1. The average molecular weight is 259 g/mol. The van der Waals surface area contributed by atoms with E-state index in [2.05, 4.69) is 10.3 Å². The number of rotatable bonds is 4. The summed E-state index contributed by atoms with van der Waals surface area (Å²) in [4.78, 5) is 11.2. The van der Waals surface area contributed by atoms with Gasteiger partial charge >= 0.3 is 5.97 Å². The molecule has 19 heavy (non-hydrogen) atoms. The predicted molar refractivity (Wildman–Crippen MR) is 71.2 cm³/mol. The van der Waals surface area contributed by atoms with Crippen molar-refractivity contribution < 1.29 is 9.90 Å². The van der Waals surface area contributed by atoms with E-state index in [-0.39, 0.29) is 0 Å². The van der Waals surface area contributed by atoms with E-state index in [1.54, 1.807) is 24.7 Å². The first-order chi connectivity index (χ1) is 8.90. The molecule has 0 bridgehead atoms. The third-order valence-electron chi connectivity index (χ3n) is 3.07. The lowest BCUT2D eigenvalue weighted by Gasteiger charge is -2.19. The third-order valence-corrected chi connectivity index (χ3v) is 3.07. The molecule has 0 aliphatic carbocycles. The molecule has 100 valence electrons. The highest BCUT2D eigenvalue weighted by molar-refractivity contribution is 5.73. The molecule has 2 aromatic rings. The fraction of sp³-hybridized carbons (Fsp3) is 0.357. The van der Waals surface area contributed by atoms with Crippen LogP contribution in [0.3, 0.4) is 0 Å². The van der Waals surface area contributed by atoms with Crippen LogP contribution in [-0.2, 0) is 11.2 Å². The molecule has 0 unspecified atom stereocenters. The highest BCUT2D eigenvalue weighted by Gasteiger charge is 2.29. The zero-order valence-corrected chi connectivity index (χ0v) is 11.3. The summed E-state index contributed by atoms with van der Waals surface area (Å²) in [7, 11) is 0. The lowest BCUT2D eigenvalue weighted by molar-refractivity contribution is -0.146. The number of carboxylic acids is 1. The first-order valence-corrected chi connectivity index (χ1v) is 6.10. The summed E-state index contributed by atoms with van der Waals surface area (Å²) >= 11 is 0. The summed E-state index contributed by atoms with van der Waals surface area (Å²) in [5.41, 5.74) is 1.96. The number of aryl methyl sites for hydroxylation is 1. The molecule has 0 aliphatic rings. The molecular weight excluding hydrogens is 242 g/mol. The number of benzene rings is 1. The molecule has 0 aliphatic heterocycles. The van der Waals surface area contributed by atoms with Crippen molar-refractivity contribution in [3.63, 3.8) is 0 Å². The Balaban J connectivity index is 2.36. The van der Waals surface area contributed by atoms with E-state index in [1.165, 1.54) is 0 Å². The summed E-state index contributed by atoms with van der Waals surface area (Å²) in [5.74, 6) is -0.829. The summed E-state index contributed by atoms with van der Waals surface area (Å²) in [5, 5.41) is 17.1. The Labute approximate surface area is 111 Å². The van der Waals surface area contributed by atoms with E-state index in [9.17, 15) is 9.90 Å². The molecule has 0 fully saturated rings. The molecule has 1 heterocycles. The molecule has 5 nitrogen and oxygen atoms in total. The van der Waals surface area contributed by atoms with E-state index in [1.807, 2.05) is 31.2 Å². The van der Waals surface area contributed by atoms with E-state index in [0.29, 0.717) is 6.42 Å². The van der Waals surface area contributed by atoms with Crippen LogP contribution in [0.5, 0.6) is 0 Å². The van der Waals surface area contributed by atoms with Crippen molar-refractivity contribution in [1.29, 1.82) is 0 Å². The van der Waals surface area contributed by atoms with Crippen molar-refractivity contribution in [2.75, 3.05) is 0 Å². The van der Waals surface area contributed by atoms with Crippen LogP contribution in [0.25, 0.3) is 5.69 Å². The van der Waals surface area contributed by atoms with Gasteiger partial charge in [0.1, 0.15) is 0 Å². The molecule has 0 amide bonds. The first-order valence-electron chi connectivity index (χ1n) is 6.10. The lowest BCUT2D eigenvalue weighted by atomic mass is 9.88. The quantitative estimate of drug-likeness (QED) is 0.914. The molecule has 1 aromatic carbocycles. The molecular formula is C14H17N3O2. The van der Waals surface area contributed by atoms with Crippen molar-refractivity contribution >= 4 is 5.97 Å². The van der Waals surface area contributed by atoms with Crippen LogP contribution in [-0.4, -0.2) is 26.1 Å². The van der Waals surface area contributed by atoms with Gasteiger partial charge in [0.25, 0.3) is 0 Å². The number of nitrogens with zero attached hydrogens (tertiary/aromatic N) is 3. The van der Waals surface area contributed by atoms with Gasteiger partial charge in [0.2, 0.25) is 0 Å². The smallest absolute Gasteiger partial charge is 0.309 e. The fourth-order valence-corrected chi connectivity index (χ4v) is 1.88. The van der Waals surface area contributed by atoms with E-state index in [0.717, 1.165) is 16.9 Å². The van der Waals surface area contributed by atoms with Crippen molar-refractivity contribution in [1.82, 2.24) is 15.0 Å². The van der Waals surface area contributed by atoms with Gasteiger partial charge in [-0.15, -0.1) is 5.10 Å². The zero-order valence-electron chi connectivity index (χ0n) is 11.3. The van der Waals surface area contributed by atoms with E-state index >= 15 is 0 Å². The second-order valence-electron chi connectivity index (χ2n) is 5.34. The highest BCUT2D eigenvalue weighted by atomic mass is 16.4. The number of aromatic nitrogens is 3. The third kappa shape index (κ3) is 2.81. The maximum atomic E-state index is 11.2. The SMILES string of the molecule is Cc1cccc(-n2nncc2CC(C)(C)C(=O)O)c1. The molecule has 1 N–H and O–H groups in total. The van der Waals surface area contributed by atoms with Crippen LogP contribution in [0.4, 0.5) is 0 Å². The Morgan fingerprint density at radius 2 is 2.16 bits per heavy atom. The van der Waals surface area contributed by atoms with Crippen LogP contribution in [0.2, 0.25) is 0 Å². The summed E-state index contributed by atoms with van der Waals surface area (Å²) in [6.07, 6.45) is 2.00. The summed E-state index contributed by atoms with van der Waals surface area (Å²) < 4.78 is 1.69. The highest BCUT2D eigenvalue weighted by Crippen LogP contribution is 2.23. The molecule has 0 saturated heterocycles. The van der Waals surface area contributed by atoms with Gasteiger partial charge in [-0.2, -0.15) is 0 Å². The molecule has 0 radical (unpaired) electrons. The average Bonchev–Trinajstić information content (AvgIpc) is 2.76. The Morgan fingerprint density at radius 3 is 2.79 bits per heavy atom. The van der Waals surface area contributed by atoms with Gasteiger partial charge in [-0.05, 0) is 38.5 Å². The molecule has 2 rings (SSSR count). The maximum absolute atomic E-state index is 11.2. The van der Waals surface area contributed by atoms with Crippen molar-refractivity contribution in [2.24, 2.45) is 5.41 Å². The van der Waals surface area contributed by atoms with Crippen LogP contribution in [0.1, 0.15) is 25.1 Å². The molecule has 0 atom stereocenters. The van der Waals surface area contributed by atoms with Gasteiger partial charge in [-0.3, -0.25) is 4.79 Å². The van der Waals surface area contributed by atoms with Gasteiger partial charge in [-0.25, -0.2) is 4.68 Å². The Morgan fingerprint density at radius 1 is 1.42 bits per heavy atom. The van der Waals surface area contributed by atoms with Gasteiger partial charge in [0.15, 0.2) is 0 Å². The van der Waals surface area contributed by atoms with Crippen molar-refractivity contribution in [2.45, 2.75) is 27.2 Å². The second kappa shape index (κ2) is 4.84. The molecule has 5 heteroatoms. The largest absolute Gasteiger partial charge is 0.481 e. The van der Waals surface area contributed by atoms with Gasteiger partial charge in [-0.1, -0.05) is 17.3 Å². The number of aliphatic carboxylic acids is 1. The van der Waals surface area contributed by atoms with Gasteiger partial charge in [0.05, 0.1) is 23.0 Å². The minimum absolute atomic E-state index is 0.378. The monoisotopic (exact) mass is 259 g/mol. The number of carbonyl (C=O) groups is 1. The number of hydrogen-bond acceptors (Lipinski definition) is 3. The Hall–Kier alpha value is -2.17. The maximum Gasteiger partial charge on any atom is 0.309 e. The second-order valence-corrected chi connectivity index (χ2v) is 5.34. The fourth-order valence-electron chi connectivity index (χ4n) is 1.88. The number of hydrogen-bond donors (Lipinski definition) is 1. The zero-order chi connectivity index (χ0) is 14.0. The topological polar surface area (TPSA) is 68.0 Å². The standard InChI is InChI=1S/C14H17N3O2/c1-10-5-4-6-11(7-10)17-12(9-15-16-17)8-14(2,3)13(18)19/h4-7,9H,8H2,1-3H3,(H,18,19). The summed E-state index contributed by atoms with van der Waals surface area (Å²) in [6.45, 7) is 5.40. The summed E-state index contributed by atoms with van der Waals surface area (Å²) in [6, 6.07) is 7.87. The van der Waals surface area contributed by atoms with Crippen molar-refractivity contribution in [3.05, 3.63) is 41.7 Å². The van der Waals surface area contributed by atoms with Crippen LogP contribution >= 0.6 is 0 Å². The minimum atomic E-state index is -0.844. The van der Waals surface area contributed by atoms with Gasteiger partial charge in [0, 0.05) is 6.42 Å². The van der Waals surface area contributed by atoms with Gasteiger partial charge < -0.3 is 5.11 Å². The predicted octanol–water partition coefficient (Wildman–Crippen LogP) is 2.23. The normalized spacial score (nSPS) is 11.5. The molecule has 0 saturated carbocycles. The first kappa shape index (κ1) is 13.3. The van der Waals surface area contributed by atoms with E-state index < -0.39 is 11.4 Å². The van der Waals surface area contributed by atoms with Crippen molar-refractivity contribution in [3.8, 4) is 5.69 Å². The molecule has 0 spiro atoms.